The molecule has 0 saturated carbocycles. The van der Waals surface area contributed by atoms with Gasteiger partial charge in [-0.2, -0.15) is 0 Å². The van der Waals surface area contributed by atoms with Gasteiger partial charge in [0.1, 0.15) is 0 Å². The predicted molar refractivity (Wildman–Crippen MR) is 210 cm³/mol. The smallest absolute Gasteiger partial charge is 0.0715 e. The zero-order valence-electron chi connectivity index (χ0n) is 27.7. The number of aryl methyl sites for hydroxylation is 1. The maximum atomic E-state index is 5.14. The lowest BCUT2D eigenvalue weighted by molar-refractivity contribution is 0.648. The lowest BCUT2D eigenvalue weighted by Crippen LogP contribution is -2.06. The summed E-state index contributed by atoms with van der Waals surface area (Å²) in [6, 6.07) is 48.7. The highest BCUT2D eigenvalue weighted by Crippen LogP contribution is 2.42. The van der Waals surface area contributed by atoms with Crippen LogP contribution in [0.2, 0.25) is 0 Å². The molecule has 50 heavy (non-hydrogen) atoms. The molecule has 0 aliphatic heterocycles. The fourth-order valence-electron chi connectivity index (χ4n) is 8.15. The van der Waals surface area contributed by atoms with Crippen molar-refractivity contribution in [1.29, 1.82) is 0 Å². The van der Waals surface area contributed by atoms with E-state index in [0.717, 1.165) is 47.3 Å². The van der Waals surface area contributed by atoms with Crippen LogP contribution in [-0.4, -0.2) is 14.1 Å². The summed E-state index contributed by atoms with van der Waals surface area (Å²) in [7, 11) is 0. The van der Waals surface area contributed by atoms with Crippen LogP contribution in [0, 0.1) is 0 Å². The summed E-state index contributed by atoms with van der Waals surface area (Å²) in [5.41, 5.74) is 14.2. The first-order valence-electron chi connectivity index (χ1n) is 17.6. The van der Waals surface area contributed by atoms with Crippen LogP contribution in [0.3, 0.4) is 0 Å². The number of hydrogen-bond donors (Lipinski definition) is 0. The maximum Gasteiger partial charge on any atom is 0.0715 e. The molecule has 5 aromatic carbocycles. The van der Waals surface area contributed by atoms with Gasteiger partial charge in [-0.05, 0) is 84.5 Å². The van der Waals surface area contributed by atoms with Crippen LogP contribution >= 0.6 is 0 Å². The van der Waals surface area contributed by atoms with Gasteiger partial charge in [-0.25, -0.2) is 4.98 Å². The number of benzene rings is 5. The molecule has 0 spiro atoms. The van der Waals surface area contributed by atoms with Gasteiger partial charge in [-0.15, -0.1) is 0 Å². The van der Waals surface area contributed by atoms with Gasteiger partial charge >= 0.3 is 0 Å². The fourth-order valence-corrected chi connectivity index (χ4v) is 8.15. The minimum Gasteiger partial charge on any atom is -0.333 e. The molecule has 8 aromatic rings. The van der Waals surface area contributed by atoms with Crippen molar-refractivity contribution in [3.05, 3.63) is 175 Å². The maximum absolute atomic E-state index is 5.14. The Morgan fingerprint density at radius 3 is 2.04 bits per heavy atom. The van der Waals surface area contributed by atoms with Crippen LogP contribution in [0.25, 0.3) is 78.1 Å². The molecule has 3 heteroatoms. The van der Waals surface area contributed by atoms with Gasteiger partial charge in [0, 0.05) is 44.2 Å². The Bertz CT molecular complexity index is 2610. The third-order valence-electron chi connectivity index (χ3n) is 10.5. The minimum absolute atomic E-state index is 0.283. The van der Waals surface area contributed by atoms with Crippen LogP contribution in [0.5, 0.6) is 0 Å². The van der Waals surface area contributed by atoms with E-state index < -0.39 is 0 Å². The summed E-state index contributed by atoms with van der Waals surface area (Å²) >= 11 is 0. The first-order chi connectivity index (χ1) is 24.8. The average Bonchev–Trinajstić information content (AvgIpc) is 3.70. The van der Waals surface area contributed by atoms with E-state index in [4.69, 9.17) is 4.98 Å². The second-order valence-corrected chi connectivity index (χ2v) is 13.4. The average molecular weight is 642 g/mol. The van der Waals surface area contributed by atoms with Crippen LogP contribution in [0.1, 0.15) is 30.1 Å². The molecule has 1 atom stereocenters. The third-order valence-corrected chi connectivity index (χ3v) is 10.5. The Morgan fingerprint density at radius 1 is 0.540 bits per heavy atom. The van der Waals surface area contributed by atoms with Crippen molar-refractivity contribution >= 4 is 38.8 Å². The molecule has 0 N–H and O–H groups in total. The number of hydrogen-bond acceptors (Lipinski definition) is 1. The van der Waals surface area contributed by atoms with E-state index in [0.29, 0.717) is 0 Å². The van der Waals surface area contributed by atoms with Crippen LogP contribution in [-0.2, 0) is 6.42 Å². The van der Waals surface area contributed by atoms with E-state index in [1.165, 1.54) is 55.2 Å². The standard InChI is InChI=1S/C47H35N3/c1-4-15-32(16-5-1)42-28-35(29-43(48-42)33-17-6-2-7-18-33)34-19-14-22-37(27-34)50-45-26-13-11-24-39(45)41-30-40-38-23-10-12-25-44(38)49(46(40)31-47(41)50)36-20-8-3-9-21-36/h1-10,12-20,22-23,25-31,36H,11,21,24H2. The van der Waals surface area contributed by atoms with Crippen molar-refractivity contribution < 1.29 is 0 Å². The quantitative estimate of drug-likeness (QED) is 0.183. The van der Waals surface area contributed by atoms with Gasteiger partial charge in [0.25, 0.3) is 0 Å². The van der Waals surface area contributed by atoms with E-state index in [-0.39, 0.29) is 6.04 Å². The number of rotatable bonds is 5. The van der Waals surface area contributed by atoms with Crippen molar-refractivity contribution in [2.75, 3.05) is 0 Å². The number of aromatic nitrogens is 3. The van der Waals surface area contributed by atoms with Crippen LogP contribution in [0.4, 0.5) is 0 Å². The molecule has 0 radical (unpaired) electrons. The zero-order valence-corrected chi connectivity index (χ0v) is 27.7. The molecule has 2 aliphatic carbocycles. The lowest BCUT2D eigenvalue weighted by Gasteiger charge is -2.18. The predicted octanol–water partition coefficient (Wildman–Crippen LogP) is 12.2. The SMILES string of the molecule is C1=CCC(n2c3ccccc3c3cc4c5c(n(-c6cccc(-c7cc(-c8ccccc8)nc(-c8ccccc8)c7)c6)c4cc32)C=CCC5)C=C1. The first kappa shape index (κ1) is 28.8. The number of nitrogens with zero attached hydrogens (tertiary/aromatic N) is 3. The topological polar surface area (TPSA) is 22.8 Å². The summed E-state index contributed by atoms with van der Waals surface area (Å²) < 4.78 is 5.05. The van der Waals surface area contributed by atoms with Crippen molar-refractivity contribution in [3.8, 4) is 39.3 Å². The highest BCUT2D eigenvalue weighted by atomic mass is 15.0. The minimum atomic E-state index is 0.283. The molecule has 0 amide bonds. The van der Waals surface area contributed by atoms with Gasteiger partial charge in [0.2, 0.25) is 0 Å². The van der Waals surface area contributed by atoms with Gasteiger partial charge in [0.15, 0.2) is 0 Å². The molecule has 2 aliphatic rings. The number of pyridine rings is 1. The van der Waals surface area contributed by atoms with Crippen molar-refractivity contribution in [1.82, 2.24) is 14.1 Å². The summed E-state index contributed by atoms with van der Waals surface area (Å²) in [5.74, 6) is 0. The van der Waals surface area contributed by atoms with Gasteiger partial charge in [0.05, 0.1) is 28.5 Å². The molecule has 238 valence electrons. The highest BCUT2D eigenvalue weighted by molar-refractivity contribution is 6.13. The summed E-state index contributed by atoms with van der Waals surface area (Å²) in [6.07, 6.45) is 16.7. The second-order valence-electron chi connectivity index (χ2n) is 13.4. The Morgan fingerprint density at radius 2 is 1.28 bits per heavy atom. The highest BCUT2D eigenvalue weighted by Gasteiger charge is 2.23. The van der Waals surface area contributed by atoms with Crippen molar-refractivity contribution in [2.45, 2.75) is 25.3 Å². The van der Waals surface area contributed by atoms with E-state index >= 15 is 0 Å². The molecular weight excluding hydrogens is 607 g/mol. The van der Waals surface area contributed by atoms with E-state index in [2.05, 4.69) is 179 Å². The molecule has 10 rings (SSSR count). The van der Waals surface area contributed by atoms with Gasteiger partial charge in [-0.3, -0.25) is 0 Å². The van der Waals surface area contributed by atoms with Crippen LogP contribution in [0.15, 0.2) is 164 Å². The molecule has 0 fully saturated rings. The van der Waals surface area contributed by atoms with Gasteiger partial charge in [-0.1, -0.05) is 121 Å². The summed E-state index contributed by atoms with van der Waals surface area (Å²) in [4.78, 5) is 5.14. The zero-order chi connectivity index (χ0) is 33.0. The lowest BCUT2D eigenvalue weighted by atomic mass is 9.99. The second kappa shape index (κ2) is 11.7. The Balaban J connectivity index is 1.20. The molecule has 3 nitrogen and oxygen atoms in total. The van der Waals surface area contributed by atoms with Crippen LogP contribution < -0.4 is 0 Å². The monoisotopic (exact) mass is 641 g/mol. The van der Waals surface area contributed by atoms with E-state index in [1.807, 2.05) is 0 Å². The summed E-state index contributed by atoms with van der Waals surface area (Å²) in [6.45, 7) is 0. The number of fused-ring (bicyclic) bond motifs is 6. The third kappa shape index (κ3) is 4.69. The Labute approximate surface area is 291 Å². The number of allylic oxidation sites excluding steroid dienone is 5. The first-order valence-corrected chi connectivity index (χ1v) is 17.6. The van der Waals surface area contributed by atoms with Crippen molar-refractivity contribution in [2.24, 2.45) is 0 Å². The fraction of sp³-hybridized carbons (Fsp3) is 0.0851. The van der Waals surface area contributed by atoms with E-state index in [9.17, 15) is 0 Å². The molecule has 3 aromatic heterocycles. The van der Waals surface area contributed by atoms with Crippen molar-refractivity contribution in [3.63, 3.8) is 0 Å². The molecule has 3 heterocycles. The molecular formula is C47H35N3. The van der Waals surface area contributed by atoms with E-state index in [1.54, 1.807) is 0 Å². The Hall–Kier alpha value is -6.19. The molecule has 0 bridgehead atoms. The largest absolute Gasteiger partial charge is 0.333 e. The molecule has 0 saturated heterocycles. The summed E-state index contributed by atoms with van der Waals surface area (Å²) in [5, 5.41) is 4.01. The number of para-hydroxylation sites is 1. The van der Waals surface area contributed by atoms with Gasteiger partial charge < -0.3 is 9.13 Å². The normalized spacial score (nSPS) is 15.3. The molecule has 1 unspecified atom stereocenters. The Kier molecular flexibility index (Phi) is 6.76.